The summed E-state index contributed by atoms with van der Waals surface area (Å²) in [6.07, 6.45) is 4.92. The lowest BCUT2D eigenvalue weighted by molar-refractivity contribution is 0.0690. The number of hydrogen-bond acceptors (Lipinski definition) is 4. The standard InChI is InChI=1S/C20H23ClN4O3/c1-28-18-5-4-16(21)11-17(18)24-20(27)23-12-14-6-9-25(10-7-14)19(26)15-3-2-8-22-13-15/h2-5,8,11,13-14H,6-7,9-10,12H2,1H3,(H2,23,24,27). The van der Waals surface area contributed by atoms with Gasteiger partial charge in [-0.2, -0.15) is 0 Å². The van der Waals surface area contributed by atoms with Gasteiger partial charge in [0.2, 0.25) is 0 Å². The minimum Gasteiger partial charge on any atom is -0.495 e. The van der Waals surface area contributed by atoms with Crippen molar-refractivity contribution in [3.63, 3.8) is 0 Å². The van der Waals surface area contributed by atoms with Gasteiger partial charge in [-0.05, 0) is 49.1 Å². The van der Waals surface area contributed by atoms with Crippen molar-refractivity contribution in [2.75, 3.05) is 32.1 Å². The van der Waals surface area contributed by atoms with E-state index in [1.807, 2.05) is 4.90 Å². The first-order chi connectivity index (χ1) is 13.6. The third kappa shape index (κ3) is 5.13. The van der Waals surface area contributed by atoms with Crippen LogP contribution in [-0.2, 0) is 0 Å². The summed E-state index contributed by atoms with van der Waals surface area (Å²) in [7, 11) is 1.53. The van der Waals surface area contributed by atoms with Gasteiger partial charge in [0.1, 0.15) is 5.75 Å². The van der Waals surface area contributed by atoms with Crippen molar-refractivity contribution in [1.82, 2.24) is 15.2 Å². The number of nitrogens with zero attached hydrogens (tertiary/aromatic N) is 2. The zero-order chi connectivity index (χ0) is 19.9. The van der Waals surface area contributed by atoms with E-state index in [9.17, 15) is 9.59 Å². The fourth-order valence-corrected chi connectivity index (χ4v) is 3.37. The number of halogens is 1. The lowest BCUT2D eigenvalue weighted by Crippen LogP contribution is -2.42. The summed E-state index contributed by atoms with van der Waals surface area (Å²) in [5.74, 6) is 0.872. The summed E-state index contributed by atoms with van der Waals surface area (Å²) in [5.41, 5.74) is 1.12. The van der Waals surface area contributed by atoms with Crippen molar-refractivity contribution in [2.45, 2.75) is 12.8 Å². The topological polar surface area (TPSA) is 83.6 Å². The molecule has 2 aromatic rings. The highest BCUT2D eigenvalue weighted by atomic mass is 35.5. The van der Waals surface area contributed by atoms with Crippen LogP contribution in [0.2, 0.25) is 5.02 Å². The molecule has 2 heterocycles. The van der Waals surface area contributed by atoms with E-state index in [-0.39, 0.29) is 11.9 Å². The number of hydrogen-bond donors (Lipinski definition) is 2. The number of aromatic nitrogens is 1. The summed E-state index contributed by atoms with van der Waals surface area (Å²) in [5, 5.41) is 6.16. The van der Waals surface area contributed by atoms with Crippen molar-refractivity contribution in [2.24, 2.45) is 5.92 Å². The van der Waals surface area contributed by atoms with Gasteiger partial charge in [0.15, 0.2) is 0 Å². The highest BCUT2D eigenvalue weighted by Gasteiger charge is 2.24. The molecule has 148 valence electrons. The molecular formula is C20H23ClN4O3. The van der Waals surface area contributed by atoms with E-state index in [4.69, 9.17) is 16.3 Å². The quantitative estimate of drug-likeness (QED) is 0.802. The molecule has 1 aromatic carbocycles. The third-order valence-corrected chi connectivity index (χ3v) is 5.01. The molecule has 0 atom stereocenters. The molecule has 3 amide bonds. The van der Waals surface area contributed by atoms with Crippen LogP contribution in [0.15, 0.2) is 42.7 Å². The summed E-state index contributed by atoms with van der Waals surface area (Å²) < 4.78 is 5.22. The fraction of sp³-hybridized carbons (Fsp3) is 0.350. The smallest absolute Gasteiger partial charge is 0.319 e. The number of piperidine rings is 1. The largest absolute Gasteiger partial charge is 0.495 e. The molecule has 1 aliphatic rings. The van der Waals surface area contributed by atoms with E-state index in [0.29, 0.717) is 47.6 Å². The lowest BCUT2D eigenvalue weighted by atomic mass is 9.96. The zero-order valence-electron chi connectivity index (χ0n) is 15.7. The Labute approximate surface area is 169 Å². The second-order valence-electron chi connectivity index (χ2n) is 6.66. The average Bonchev–Trinajstić information content (AvgIpc) is 2.73. The Bertz CT molecular complexity index is 823. The van der Waals surface area contributed by atoms with E-state index in [2.05, 4.69) is 15.6 Å². The van der Waals surface area contributed by atoms with E-state index in [1.165, 1.54) is 7.11 Å². The molecule has 0 bridgehead atoms. The second kappa shape index (κ2) is 9.41. The van der Waals surface area contributed by atoms with Crippen LogP contribution in [0.5, 0.6) is 5.75 Å². The van der Waals surface area contributed by atoms with E-state index in [0.717, 1.165) is 12.8 Å². The lowest BCUT2D eigenvalue weighted by Gasteiger charge is -2.32. The van der Waals surface area contributed by atoms with Crippen LogP contribution in [0, 0.1) is 5.92 Å². The number of carbonyl (C=O) groups is 2. The molecule has 0 unspecified atom stereocenters. The summed E-state index contributed by atoms with van der Waals surface area (Å²) in [4.78, 5) is 30.5. The molecule has 1 aromatic heterocycles. The van der Waals surface area contributed by atoms with Gasteiger partial charge < -0.3 is 20.3 Å². The molecule has 1 saturated heterocycles. The van der Waals surface area contributed by atoms with Crippen LogP contribution >= 0.6 is 11.6 Å². The number of carbonyl (C=O) groups excluding carboxylic acids is 2. The highest BCUT2D eigenvalue weighted by molar-refractivity contribution is 6.31. The molecule has 1 aliphatic heterocycles. The van der Waals surface area contributed by atoms with Gasteiger partial charge in [0.05, 0.1) is 18.4 Å². The molecular weight excluding hydrogens is 380 g/mol. The molecule has 0 spiro atoms. The molecule has 0 radical (unpaired) electrons. The van der Waals surface area contributed by atoms with Gasteiger partial charge in [0, 0.05) is 37.1 Å². The molecule has 3 rings (SSSR count). The number of benzene rings is 1. The predicted octanol–water partition coefficient (Wildman–Crippen LogP) is 3.42. The molecule has 1 fully saturated rings. The van der Waals surface area contributed by atoms with Gasteiger partial charge in [-0.15, -0.1) is 0 Å². The summed E-state index contributed by atoms with van der Waals surface area (Å²) in [6.45, 7) is 1.89. The van der Waals surface area contributed by atoms with Crippen LogP contribution in [0.3, 0.4) is 0 Å². The maximum atomic E-state index is 12.4. The maximum absolute atomic E-state index is 12.4. The SMILES string of the molecule is COc1ccc(Cl)cc1NC(=O)NCC1CCN(C(=O)c2cccnc2)CC1. The Balaban J connectivity index is 1.45. The van der Waals surface area contributed by atoms with Gasteiger partial charge in [0.25, 0.3) is 5.91 Å². The van der Waals surface area contributed by atoms with Crippen molar-refractivity contribution in [3.8, 4) is 5.75 Å². The minimum absolute atomic E-state index is 0.00491. The van der Waals surface area contributed by atoms with E-state index in [1.54, 1.807) is 42.7 Å². The Morgan fingerprint density at radius 1 is 1.29 bits per heavy atom. The van der Waals surface area contributed by atoms with Crippen molar-refractivity contribution < 1.29 is 14.3 Å². The van der Waals surface area contributed by atoms with E-state index < -0.39 is 0 Å². The Morgan fingerprint density at radius 3 is 2.75 bits per heavy atom. The molecule has 0 aliphatic carbocycles. The number of amides is 3. The average molecular weight is 403 g/mol. The fourth-order valence-electron chi connectivity index (χ4n) is 3.19. The molecule has 7 nitrogen and oxygen atoms in total. The number of nitrogens with one attached hydrogen (secondary N) is 2. The van der Waals surface area contributed by atoms with Gasteiger partial charge in [-0.3, -0.25) is 9.78 Å². The van der Waals surface area contributed by atoms with Crippen LogP contribution in [-0.4, -0.2) is 48.6 Å². The van der Waals surface area contributed by atoms with Gasteiger partial charge in [-0.1, -0.05) is 11.6 Å². The number of likely N-dealkylation sites (tertiary alicyclic amines) is 1. The zero-order valence-corrected chi connectivity index (χ0v) is 16.4. The van der Waals surface area contributed by atoms with Crippen LogP contribution < -0.4 is 15.4 Å². The molecule has 8 heteroatoms. The molecule has 0 saturated carbocycles. The second-order valence-corrected chi connectivity index (χ2v) is 7.09. The highest BCUT2D eigenvalue weighted by Crippen LogP contribution is 2.27. The number of anilines is 1. The van der Waals surface area contributed by atoms with Gasteiger partial charge >= 0.3 is 6.03 Å². The predicted molar refractivity (Wildman–Crippen MR) is 108 cm³/mol. The summed E-state index contributed by atoms with van der Waals surface area (Å²) in [6, 6.07) is 8.27. The van der Waals surface area contributed by atoms with Crippen LogP contribution in [0.1, 0.15) is 23.2 Å². The van der Waals surface area contributed by atoms with E-state index >= 15 is 0 Å². The number of methoxy groups -OCH3 is 1. The van der Waals surface area contributed by atoms with Crippen molar-refractivity contribution >= 4 is 29.2 Å². The monoisotopic (exact) mass is 402 g/mol. The number of rotatable bonds is 5. The number of urea groups is 1. The molecule has 28 heavy (non-hydrogen) atoms. The van der Waals surface area contributed by atoms with Crippen LogP contribution in [0.4, 0.5) is 10.5 Å². The summed E-state index contributed by atoms with van der Waals surface area (Å²) >= 11 is 5.98. The first-order valence-corrected chi connectivity index (χ1v) is 9.52. The Kier molecular flexibility index (Phi) is 6.71. The van der Waals surface area contributed by atoms with Crippen molar-refractivity contribution in [3.05, 3.63) is 53.3 Å². The Morgan fingerprint density at radius 2 is 2.07 bits per heavy atom. The van der Waals surface area contributed by atoms with Crippen molar-refractivity contribution in [1.29, 1.82) is 0 Å². The van der Waals surface area contributed by atoms with Crippen LogP contribution in [0.25, 0.3) is 0 Å². The first-order valence-electron chi connectivity index (χ1n) is 9.14. The van der Waals surface area contributed by atoms with Gasteiger partial charge in [-0.25, -0.2) is 4.79 Å². The number of pyridine rings is 1. The minimum atomic E-state index is -0.311. The third-order valence-electron chi connectivity index (χ3n) is 4.77. The first kappa shape index (κ1) is 19.9. The number of ether oxygens (including phenoxy) is 1. The normalized spacial score (nSPS) is 14.4. The molecule has 2 N–H and O–H groups in total. The maximum Gasteiger partial charge on any atom is 0.319 e. The Hall–Kier alpha value is -2.80.